The van der Waals surface area contributed by atoms with Crippen molar-refractivity contribution in [2.75, 3.05) is 12.4 Å². The summed E-state index contributed by atoms with van der Waals surface area (Å²) in [6.45, 7) is 0. The van der Waals surface area contributed by atoms with Crippen molar-refractivity contribution < 1.29 is 24.2 Å². The summed E-state index contributed by atoms with van der Waals surface area (Å²) in [4.78, 5) is 28.6. The minimum absolute atomic E-state index is 0.200. The summed E-state index contributed by atoms with van der Waals surface area (Å²) < 4.78 is 10.5. The molecule has 4 aromatic rings. The summed E-state index contributed by atoms with van der Waals surface area (Å²) in [5.41, 5.74) is 0.916. The molecule has 154 valence electrons. The zero-order valence-electron chi connectivity index (χ0n) is 16.5. The average Bonchev–Trinajstić information content (AvgIpc) is 2.79. The number of phenolic OH excluding ortho intramolecular Hbond substituents is 1. The first kappa shape index (κ1) is 19.9. The van der Waals surface area contributed by atoms with Crippen LogP contribution in [0.5, 0.6) is 17.4 Å². The molecule has 0 saturated carbocycles. The van der Waals surface area contributed by atoms with Crippen LogP contribution in [0.25, 0.3) is 10.8 Å². The lowest BCUT2D eigenvalue weighted by Gasteiger charge is -2.10. The number of hydrogen-bond acceptors (Lipinski definition) is 6. The molecule has 0 bridgehead atoms. The molecule has 7 heteroatoms. The third-order valence-corrected chi connectivity index (χ3v) is 4.60. The van der Waals surface area contributed by atoms with Crippen LogP contribution in [-0.2, 0) is 4.74 Å². The second-order valence-corrected chi connectivity index (χ2v) is 6.67. The molecular formula is C24H18N2O5. The number of aromatic hydroxyl groups is 1. The maximum absolute atomic E-state index is 12.6. The zero-order valence-corrected chi connectivity index (χ0v) is 16.5. The molecule has 1 aromatic heterocycles. The van der Waals surface area contributed by atoms with E-state index in [1.54, 1.807) is 60.7 Å². The van der Waals surface area contributed by atoms with Crippen molar-refractivity contribution in [3.05, 3.63) is 90.1 Å². The van der Waals surface area contributed by atoms with Gasteiger partial charge in [0, 0.05) is 12.3 Å². The highest BCUT2D eigenvalue weighted by Crippen LogP contribution is 2.27. The van der Waals surface area contributed by atoms with Crippen LogP contribution >= 0.6 is 0 Å². The number of phenols is 1. The Bertz CT molecular complexity index is 1270. The number of aromatic nitrogens is 1. The van der Waals surface area contributed by atoms with Gasteiger partial charge < -0.3 is 19.9 Å². The summed E-state index contributed by atoms with van der Waals surface area (Å²) in [7, 11) is 1.28. The molecule has 0 atom stereocenters. The van der Waals surface area contributed by atoms with E-state index < -0.39 is 11.9 Å². The largest absolute Gasteiger partial charge is 0.508 e. The Morgan fingerprint density at radius 3 is 2.48 bits per heavy atom. The molecule has 0 radical (unpaired) electrons. The number of para-hydroxylation sites is 1. The quantitative estimate of drug-likeness (QED) is 0.457. The van der Waals surface area contributed by atoms with Crippen LogP contribution in [-0.4, -0.2) is 29.1 Å². The number of benzene rings is 3. The number of hydrogen-bond donors (Lipinski definition) is 2. The number of nitrogens with one attached hydrogen (secondary N) is 1. The van der Waals surface area contributed by atoms with Crippen molar-refractivity contribution >= 4 is 28.3 Å². The molecule has 1 heterocycles. The Kier molecular flexibility index (Phi) is 5.49. The Hall–Kier alpha value is -4.39. The molecule has 0 spiro atoms. The fraction of sp³-hybridized carbons (Fsp3) is 0.0417. The van der Waals surface area contributed by atoms with Gasteiger partial charge in [-0.15, -0.1) is 0 Å². The van der Waals surface area contributed by atoms with Gasteiger partial charge in [-0.1, -0.05) is 24.3 Å². The van der Waals surface area contributed by atoms with Gasteiger partial charge in [-0.3, -0.25) is 4.79 Å². The van der Waals surface area contributed by atoms with Gasteiger partial charge in [0.2, 0.25) is 5.88 Å². The lowest BCUT2D eigenvalue weighted by atomic mass is 10.1. The topological polar surface area (TPSA) is 97.8 Å². The van der Waals surface area contributed by atoms with Crippen LogP contribution in [0, 0.1) is 0 Å². The zero-order chi connectivity index (χ0) is 21.8. The summed E-state index contributed by atoms with van der Waals surface area (Å²) in [6, 6.07) is 20.3. The molecule has 1 amide bonds. The van der Waals surface area contributed by atoms with E-state index in [1.165, 1.54) is 13.3 Å². The summed E-state index contributed by atoms with van der Waals surface area (Å²) in [5.74, 6) is 0.148. The number of ether oxygens (including phenoxy) is 2. The predicted octanol–water partition coefficient (Wildman–Crippen LogP) is 4.77. The highest BCUT2D eigenvalue weighted by atomic mass is 16.5. The molecular weight excluding hydrogens is 396 g/mol. The molecule has 0 saturated heterocycles. The van der Waals surface area contributed by atoms with Gasteiger partial charge in [0.15, 0.2) is 0 Å². The van der Waals surface area contributed by atoms with Gasteiger partial charge in [0.05, 0.1) is 23.9 Å². The number of esters is 1. The maximum atomic E-state index is 12.6. The third kappa shape index (κ3) is 4.45. The molecule has 31 heavy (non-hydrogen) atoms. The number of carbonyl (C=O) groups excluding carboxylic acids is 2. The van der Waals surface area contributed by atoms with Gasteiger partial charge in [-0.05, 0) is 53.2 Å². The molecule has 0 unspecified atom stereocenters. The Morgan fingerprint density at radius 1 is 0.935 bits per heavy atom. The van der Waals surface area contributed by atoms with Crippen LogP contribution in [0.15, 0.2) is 79.0 Å². The fourth-order valence-electron chi connectivity index (χ4n) is 3.04. The molecule has 0 aliphatic carbocycles. The van der Waals surface area contributed by atoms with E-state index in [0.29, 0.717) is 22.9 Å². The van der Waals surface area contributed by atoms with Crippen LogP contribution in [0.4, 0.5) is 5.69 Å². The van der Waals surface area contributed by atoms with Crippen LogP contribution in [0.1, 0.15) is 20.7 Å². The molecule has 0 aliphatic rings. The van der Waals surface area contributed by atoms with Gasteiger partial charge in [0.25, 0.3) is 5.91 Å². The summed E-state index contributed by atoms with van der Waals surface area (Å²) in [6.07, 6.45) is 1.39. The van der Waals surface area contributed by atoms with Gasteiger partial charge in [0.1, 0.15) is 11.5 Å². The molecule has 0 aliphatic heterocycles. The molecule has 4 rings (SSSR count). The molecule has 7 nitrogen and oxygen atoms in total. The van der Waals surface area contributed by atoms with Crippen molar-refractivity contribution in [2.24, 2.45) is 0 Å². The van der Waals surface area contributed by atoms with Gasteiger partial charge >= 0.3 is 5.97 Å². The number of methoxy groups -OCH3 is 1. The maximum Gasteiger partial charge on any atom is 0.339 e. The summed E-state index contributed by atoms with van der Waals surface area (Å²) >= 11 is 0. The number of carbonyl (C=O) groups is 2. The average molecular weight is 414 g/mol. The Labute approximate surface area is 177 Å². The number of nitrogens with zero attached hydrogens (tertiary/aromatic N) is 1. The van der Waals surface area contributed by atoms with E-state index in [0.717, 1.165) is 10.8 Å². The highest BCUT2D eigenvalue weighted by molar-refractivity contribution is 6.07. The first-order valence-electron chi connectivity index (χ1n) is 9.39. The van der Waals surface area contributed by atoms with Crippen molar-refractivity contribution in [2.45, 2.75) is 0 Å². The normalized spacial score (nSPS) is 10.5. The van der Waals surface area contributed by atoms with Gasteiger partial charge in [-0.25, -0.2) is 9.78 Å². The minimum Gasteiger partial charge on any atom is -0.508 e. The van der Waals surface area contributed by atoms with Crippen LogP contribution in [0.2, 0.25) is 0 Å². The van der Waals surface area contributed by atoms with E-state index in [2.05, 4.69) is 10.3 Å². The van der Waals surface area contributed by atoms with Crippen LogP contribution < -0.4 is 10.1 Å². The fourth-order valence-corrected chi connectivity index (χ4v) is 3.04. The SMILES string of the molecule is COC(=O)c1ccccc1NC(=O)c1ccc(Oc2ccc3cc(O)ccc3c2)nc1. The Balaban J connectivity index is 1.48. The van der Waals surface area contributed by atoms with Crippen LogP contribution in [0.3, 0.4) is 0 Å². The van der Waals surface area contributed by atoms with Crippen molar-refractivity contribution in [3.8, 4) is 17.4 Å². The smallest absolute Gasteiger partial charge is 0.339 e. The van der Waals surface area contributed by atoms with E-state index in [9.17, 15) is 14.7 Å². The standard InChI is InChI=1S/C24H18N2O5/c1-30-24(29)20-4-2-3-5-21(20)26-23(28)17-8-11-22(25-14-17)31-19-10-7-15-12-18(27)9-6-16(15)13-19/h2-14,27H,1H3,(H,26,28). The first-order valence-corrected chi connectivity index (χ1v) is 9.39. The predicted molar refractivity (Wildman–Crippen MR) is 116 cm³/mol. The molecule has 2 N–H and O–H groups in total. The second kappa shape index (κ2) is 8.54. The minimum atomic E-state index is -0.539. The lowest BCUT2D eigenvalue weighted by molar-refractivity contribution is 0.0602. The molecule has 0 fully saturated rings. The number of rotatable bonds is 5. The van der Waals surface area contributed by atoms with Crippen molar-refractivity contribution in [1.29, 1.82) is 0 Å². The number of fused-ring (bicyclic) bond motifs is 1. The van der Waals surface area contributed by atoms with Crippen molar-refractivity contribution in [1.82, 2.24) is 4.98 Å². The van der Waals surface area contributed by atoms with Gasteiger partial charge in [-0.2, -0.15) is 0 Å². The number of amides is 1. The monoisotopic (exact) mass is 414 g/mol. The van der Waals surface area contributed by atoms with E-state index >= 15 is 0 Å². The lowest BCUT2D eigenvalue weighted by Crippen LogP contribution is -2.15. The highest BCUT2D eigenvalue weighted by Gasteiger charge is 2.14. The van der Waals surface area contributed by atoms with Crippen molar-refractivity contribution in [3.63, 3.8) is 0 Å². The third-order valence-electron chi connectivity index (χ3n) is 4.60. The number of pyridine rings is 1. The molecule has 3 aromatic carbocycles. The van der Waals surface area contributed by atoms with E-state index in [1.807, 2.05) is 12.1 Å². The summed E-state index contributed by atoms with van der Waals surface area (Å²) in [5, 5.41) is 14.1. The van der Waals surface area contributed by atoms with E-state index in [4.69, 9.17) is 9.47 Å². The first-order chi connectivity index (χ1) is 15.0. The second-order valence-electron chi connectivity index (χ2n) is 6.67. The number of anilines is 1. The Morgan fingerprint density at radius 2 is 1.71 bits per heavy atom. The van der Waals surface area contributed by atoms with E-state index in [-0.39, 0.29) is 11.3 Å².